The predicted octanol–water partition coefficient (Wildman–Crippen LogP) is -0.156. The van der Waals surface area contributed by atoms with E-state index in [4.69, 9.17) is 15.2 Å². The van der Waals surface area contributed by atoms with Crippen molar-refractivity contribution < 1.29 is 14.3 Å². The second kappa shape index (κ2) is 7.62. The molecule has 0 saturated carbocycles. The number of carbonyl (C=O) groups is 1. The fraction of sp³-hybridized carbons (Fsp3) is 0.900. The molecule has 0 aliphatic rings. The molecular formula is C10H22N2O3. The second-order valence-corrected chi connectivity index (χ2v) is 3.62. The Morgan fingerprint density at radius 1 is 1.33 bits per heavy atom. The van der Waals surface area contributed by atoms with Gasteiger partial charge in [-0.05, 0) is 13.8 Å². The smallest absolute Gasteiger partial charge is 0.239 e. The summed E-state index contributed by atoms with van der Waals surface area (Å²) >= 11 is 0. The van der Waals surface area contributed by atoms with Gasteiger partial charge in [0.1, 0.15) is 0 Å². The van der Waals surface area contributed by atoms with Gasteiger partial charge in [0.2, 0.25) is 5.91 Å². The molecule has 1 amide bonds. The molecule has 90 valence electrons. The molecule has 0 bridgehead atoms. The summed E-state index contributed by atoms with van der Waals surface area (Å²) in [6.45, 7) is 5.16. The summed E-state index contributed by atoms with van der Waals surface area (Å²) in [5, 5.41) is 0. The quantitative estimate of drug-likeness (QED) is 0.645. The van der Waals surface area contributed by atoms with Crippen molar-refractivity contribution >= 4 is 5.91 Å². The first-order valence-corrected chi connectivity index (χ1v) is 5.08. The van der Waals surface area contributed by atoms with Crippen molar-refractivity contribution in [1.82, 2.24) is 4.90 Å². The van der Waals surface area contributed by atoms with Crippen LogP contribution in [0.5, 0.6) is 0 Å². The van der Waals surface area contributed by atoms with Crippen molar-refractivity contribution in [2.24, 2.45) is 5.73 Å². The number of hydrogen-bond donors (Lipinski definition) is 1. The Kier molecular flexibility index (Phi) is 7.29. The van der Waals surface area contributed by atoms with Crippen LogP contribution in [-0.2, 0) is 14.3 Å². The molecule has 0 radical (unpaired) electrons. The van der Waals surface area contributed by atoms with Crippen LogP contribution in [0.3, 0.4) is 0 Å². The van der Waals surface area contributed by atoms with Gasteiger partial charge in [0.25, 0.3) is 0 Å². The zero-order valence-corrected chi connectivity index (χ0v) is 10.0. The maximum absolute atomic E-state index is 11.8. The van der Waals surface area contributed by atoms with Crippen LogP contribution < -0.4 is 5.73 Å². The lowest BCUT2D eigenvalue weighted by atomic mass is 10.2. The zero-order chi connectivity index (χ0) is 11.8. The molecule has 0 aromatic heterocycles. The molecular weight excluding hydrogens is 196 g/mol. The van der Waals surface area contributed by atoms with Crippen LogP contribution in [0.25, 0.3) is 0 Å². The highest BCUT2D eigenvalue weighted by atomic mass is 16.5. The van der Waals surface area contributed by atoms with Crippen molar-refractivity contribution in [3.05, 3.63) is 0 Å². The fourth-order valence-corrected chi connectivity index (χ4v) is 1.33. The molecule has 0 aliphatic heterocycles. The first-order chi connectivity index (χ1) is 7.04. The number of nitrogens with zero attached hydrogens (tertiary/aromatic N) is 1. The Morgan fingerprint density at radius 2 is 1.93 bits per heavy atom. The largest absolute Gasteiger partial charge is 0.383 e. The predicted molar refractivity (Wildman–Crippen MR) is 58.6 cm³/mol. The molecule has 1 unspecified atom stereocenters. The molecule has 15 heavy (non-hydrogen) atoms. The highest BCUT2D eigenvalue weighted by molar-refractivity contribution is 5.81. The molecule has 0 heterocycles. The molecule has 0 spiro atoms. The molecule has 0 saturated heterocycles. The summed E-state index contributed by atoms with van der Waals surface area (Å²) in [5.41, 5.74) is 5.57. The van der Waals surface area contributed by atoms with Crippen LogP contribution in [0.1, 0.15) is 13.8 Å². The number of ether oxygens (including phenoxy) is 2. The Balaban J connectivity index is 4.35. The van der Waals surface area contributed by atoms with Gasteiger partial charge in [0.15, 0.2) is 0 Å². The SMILES string of the molecule is COCCN(C(=O)[C@@H](C)N)C(C)COC. The Bertz CT molecular complexity index is 186. The lowest BCUT2D eigenvalue weighted by Crippen LogP contribution is -2.49. The third kappa shape index (κ3) is 5.11. The minimum atomic E-state index is -0.485. The van der Waals surface area contributed by atoms with Gasteiger partial charge in [-0.25, -0.2) is 0 Å². The van der Waals surface area contributed by atoms with E-state index in [1.165, 1.54) is 0 Å². The Hall–Kier alpha value is -0.650. The fourth-order valence-electron chi connectivity index (χ4n) is 1.33. The van der Waals surface area contributed by atoms with Gasteiger partial charge in [-0.1, -0.05) is 0 Å². The van der Waals surface area contributed by atoms with E-state index < -0.39 is 6.04 Å². The summed E-state index contributed by atoms with van der Waals surface area (Å²) in [7, 11) is 3.22. The van der Waals surface area contributed by atoms with Crippen LogP contribution in [0.15, 0.2) is 0 Å². The number of rotatable bonds is 7. The number of hydrogen-bond acceptors (Lipinski definition) is 4. The maximum atomic E-state index is 11.8. The van der Waals surface area contributed by atoms with Crippen LogP contribution >= 0.6 is 0 Å². The third-order valence-corrected chi connectivity index (χ3v) is 2.15. The highest BCUT2D eigenvalue weighted by Gasteiger charge is 2.22. The normalized spacial score (nSPS) is 14.7. The van der Waals surface area contributed by atoms with Crippen molar-refractivity contribution in [2.75, 3.05) is 34.0 Å². The van der Waals surface area contributed by atoms with Gasteiger partial charge in [0, 0.05) is 20.8 Å². The van der Waals surface area contributed by atoms with E-state index >= 15 is 0 Å². The van der Waals surface area contributed by atoms with Gasteiger partial charge < -0.3 is 20.1 Å². The van der Waals surface area contributed by atoms with Gasteiger partial charge in [-0.3, -0.25) is 4.79 Å². The van der Waals surface area contributed by atoms with Crippen molar-refractivity contribution in [3.63, 3.8) is 0 Å². The molecule has 5 nitrogen and oxygen atoms in total. The first kappa shape index (κ1) is 14.3. The Labute approximate surface area is 91.5 Å². The van der Waals surface area contributed by atoms with E-state index in [9.17, 15) is 4.79 Å². The van der Waals surface area contributed by atoms with E-state index in [1.54, 1.807) is 26.0 Å². The molecule has 0 fully saturated rings. The topological polar surface area (TPSA) is 64.8 Å². The standard InChI is InChI=1S/C10H22N2O3/c1-8(7-15-4)12(5-6-14-3)10(13)9(2)11/h8-9H,5-7,11H2,1-4H3/t8?,9-/m1/s1. The average Bonchev–Trinajstić information content (AvgIpc) is 2.18. The minimum absolute atomic E-state index is 0.0173. The van der Waals surface area contributed by atoms with Gasteiger partial charge >= 0.3 is 0 Å². The Morgan fingerprint density at radius 3 is 2.33 bits per heavy atom. The van der Waals surface area contributed by atoms with Crippen LogP contribution in [-0.4, -0.2) is 56.9 Å². The highest BCUT2D eigenvalue weighted by Crippen LogP contribution is 2.02. The van der Waals surface area contributed by atoms with E-state index in [-0.39, 0.29) is 11.9 Å². The molecule has 5 heteroatoms. The van der Waals surface area contributed by atoms with E-state index in [1.807, 2.05) is 6.92 Å². The van der Waals surface area contributed by atoms with Crippen LogP contribution in [0.2, 0.25) is 0 Å². The molecule has 2 atom stereocenters. The van der Waals surface area contributed by atoms with E-state index in [0.29, 0.717) is 19.8 Å². The van der Waals surface area contributed by atoms with Crippen molar-refractivity contribution in [1.29, 1.82) is 0 Å². The number of methoxy groups -OCH3 is 2. The number of carbonyl (C=O) groups excluding carboxylic acids is 1. The first-order valence-electron chi connectivity index (χ1n) is 5.08. The minimum Gasteiger partial charge on any atom is -0.383 e. The molecule has 2 N–H and O–H groups in total. The number of nitrogens with two attached hydrogens (primary N) is 1. The van der Waals surface area contributed by atoms with Gasteiger partial charge in [0.05, 0.1) is 25.3 Å². The van der Waals surface area contributed by atoms with Gasteiger partial charge in [-0.2, -0.15) is 0 Å². The van der Waals surface area contributed by atoms with Crippen molar-refractivity contribution in [2.45, 2.75) is 25.9 Å². The lowest BCUT2D eigenvalue weighted by molar-refractivity contribution is -0.136. The summed E-state index contributed by atoms with van der Waals surface area (Å²) in [5.74, 6) is -0.0726. The molecule has 0 aromatic rings. The van der Waals surface area contributed by atoms with Crippen LogP contribution in [0, 0.1) is 0 Å². The monoisotopic (exact) mass is 218 g/mol. The lowest BCUT2D eigenvalue weighted by Gasteiger charge is -2.30. The second-order valence-electron chi connectivity index (χ2n) is 3.62. The molecule has 0 rings (SSSR count). The molecule has 0 aliphatic carbocycles. The molecule has 0 aromatic carbocycles. The van der Waals surface area contributed by atoms with Crippen LogP contribution in [0.4, 0.5) is 0 Å². The maximum Gasteiger partial charge on any atom is 0.239 e. The number of amides is 1. The van der Waals surface area contributed by atoms with E-state index in [0.717, 1.165) is 0 Å². The van der Waals surface area contributed by atoms with Gasteiger partial charge in [-0.15, -0.1) is 0 Å². The summed E-state index contributed by atoms with van der Waals surface area (Å²) in [6, 6.07) is -0.468. The zero-order valence-electron chi connectivity index (χ0n) is 10.0. The third-order valence-electron chi connectivity index (χ3n) is 2.15. The van der Waals surface area contributed by atoms with Crippen molar-refractivity contribution in [3.8, 4) is 0 Å². The average molecular weight is 218 g/mol. The summed E-state index contributed by atoms with van der Waals surface area (Å²) < 4.78 is 9.97. The summed E-state index contributed by atoms with van der Waals surface area (Å²) in [4.78, 5) is 13.4. The van der Waals surface area contributed by atoms with E-state index in [2.05, 4.69) is 0 Å². The summed E-state index contributed by atoms with van der Waals surface area (Å²) in [6.07, 6.45) is 0.